The van der Waals surface area contributed by atoms with Gasteiger partial charge in [-0.2, -0.15) is 5.10 Å². The molecule has 2 aromatic carbocycles. The average Bonchev–Trinajstić information content (AvgIpc) is 3.34. The Balaban J connectivity index is 1.51. The van der Waals surface area contributed by atoms with E-state index in [4.69, 9.17) is 0 Å². The quantitative estimate of drug-likeness (QED) is 0.383. The number of carboxylic acid groups (broad SMARTS) is 1. The zero-order chi connectivity index (χ0) is 25.1. The summed E-state index contributed by atoms with van der Waals surface area (Å²) in [5.41, 5.74) is 4.05. The van der Waals surface area contributed by atoms with E-state index in [9.17, 15) is 19.1 Å². The molecule has 0 bridgehead atoms. The van der Waals surface area contributed by atoms with Crippen LogP contribution in [0.4, 0.5) is 4.39 Å². The number of carbonyl (C=O) groups excluding carboxylic acids is 1. The molecule has 7 nitrogen and oxygen atoms in total. The van der Waals surface area contributed by atoms with E-state index in [1.165, 1.54) is 24.8 Å². The van der Waals surface area contributed by atoms with Crippen LogP contribution in [0.25, 0.3) is 16.8 Å². The van der Waals surface area contributed by atoms with Crippen molar-refractivity contribution in [1.82, 2.24) is 19.9 Å². The number of hydrogen-bond acceptors (Lipinski definition) is 4. The molecule has 1 aliphatic carbocycles. The van der Waals surface area contributed by atoms with Crippen LogP contribution in [0.3, 0.4) is 0 Å². The molecule has 1 atom stereocenters. The Labute approximate surface area is 208 Å². The van der Waals surface area contributed by atoms with Crippen molar-refractivity contribution in [2.24, 2.45) is 0 Å². The van der Waals surface area contributed by atoms with E-state index < -0.39 is 17.9 Å². The minimum Gasteiger partial charge on any atom is -0.480 e. The number of aliphatic carboxylic acids is 1. The lowest BCUT2D eigenvalue weighted by Gasteiger charge is -2.25. The largest absolute Gasteiger partial charge is 0.480 e. The molecule has 1 saturated carbocycles. The molecule has 0 aliphatic heterocycles. The van der Waals surface area contributed by atoms with Crippen LogP contribution >= 0.6 is 0 Å². The fourth-order valence-electron chi connectivity index (χ4n) is 5.02. The van der Waals surface area contributed by atoms with Gasteiger partial charge in [0.2, 0.25) is 0 Å². The molecule has 4 aromatic rings. The summed E-state index contributed by atoms with van der Waals surface area (Å²) in [5, 5.41) is 16.9. The molecule has 1 fully saturated rings. The number of rotatable bonds is 7. The third-order valence-corrected chi connectivity index (χ3v) is 6.84. The Morgan fingerprint density at radius 2 is 1.75 bits per heavy atom. The molecule has 0 saturated heterocycles. The van der Waals surface area contributed by atoms with Crippen molar-refractivity contribution >= 4 is 17.5 Å². The maximum absolute atomic E-state index is 13.6. The van der Waals surface area contributed by atoms with Crippen LogP contribution < -0.4 is 5.32 Å². The smallest absolute Gasteiger partial charge is 0.326 e. The lowest BCUT2D eigenvalue weighted by molar-refractivity contribution is -0.139. The highest BCUT2D eigenvalue weighted by atomic mass is 19.1. The number of aromatic nitrogens is 3. The van der Waals surface area contributed by atoms with Crippen molar-refractivity contribution < 1.29 is 19.1 Å². The minimum atomic E-state index is -1.11. The molecule has 36 heavy (non-hydrogen) atoms. The first-order valence-corrected chi connectivity index (χ1v) is 12.2. The van der Waals surface area contributed by atoms with Gasteiger partial charge in [0.1, 0.15) is 17.4 Å². The third-order valence-electron chi connectivity index (χ3n) is 6.84. The van der Waals surface area contributed by atoms with Gasteiger partial charge >= 0.3 is 5.97 Å². The van der Waals surface area contributed by atoms with Gasteiger partial charge in [-0.25, -0.2) is 18.7 Å². The second-order valence-electron chi connectivity index (χ2n) is 9.25. The number of benzene rings is 2. The predicted molar refractivity (Wildman–Crippen MR) is 133 cm³/mol. The summed E-state index contributed by atoms with van der Waals surface area (Å²) in [6.45, 7) is 0. The highest BCUT2D eigenvalue weighted by Gasteiger charge is 2.27. The van der Waals surface area contributed by atoms with E-state index in [1.807, 2.05) is 30.3 Å². The Hall–Kier alpha value is -4.07. The monoisotopic (exact) mass is 486 g/mol. The topological polar surface area (TPSA) is 96.6 Å². The predicted octanol–water partition coefficient (Wildman–Crippen LogP) is 5.01. The first-order chi connectivity index (χ1) is 17.5. The summed E-state index contributed by atoms with van der Waals surface area (Å²) >= 11 is 0. The van der Waals surface area contributed by atoms with E-state index in [1.54, 1.807) is 22.8 Å². The normalized spacial score (nSPS) is 15.0. The summed E-state index contributed by atoms with van der Waals surface area (Å²) in [5.74, 6) is -1.73. The van der Waals surface area contributed by atoms with Gasteiger partial charge in [0, 0.05) is 24.1 Å². The fraction of sp³-hybridized carbons (Fsp3) is 0.286. The van der Waals surface area contributed by atoms with Crippen molar-refractivity contribution in [3.8, 4) is 11.1 Å². The molecule has 1 aliphatic rings. The van der Waals surface area contributed by atoms with Gasteiger partial charge in [0.25, 0.3) is 5.91 Å². The zero-order valence-electron chi connectivity index (χ0n) is 19.7. The third kappa shape index (κ3) is 4.84. The molecule has 0 radical (unpaired) electrons. The first-order valence-electron chi connectivity index (χ1n) is 12.2. The molecule has 2 aromatic heterocycles. The number of halogens is 1. The number of carbonyl (C=O) groups is 2. The summed E-state index contributed by atoms with van der Waals surface area (Å²) < 4.78 is 15.3. The van der Waals surface area contributed by atoms with Crippen molar-refractivity contribution in [1.29, 1.82) is 0 Å². The highest BCUT2D eigenvalue weighted by molar-refractivity contribution is 6.01. The molecular formula is C28H27FN4O3. The molecule has 1 amide bonds. The fourth-order valence-corrected chi connectivity index (χ4v) is 5.02. The van der Waals surface area contributed by atoms with Gasteiger partial charge in [-0.1, -0.05) is 61.7 Å². The SMILES string of the molecule is O=C(N[C@H](Cc1ccccc1)C(=O)O)c1cnn2c(C3CCCCC3)c(-c3ccc(F)cc3)cnc12. The van der Waals surface area contributed by atoms with E-state index in [-0.39, 0.29) is 23.7 Å². The minimum absolute atomic E-state index is 0.163. The van der Waals surface area contributed by atoms with E-state index >= 15 is 0 Å². The lowest BCUT2D eigenvalue weighted by Crippen LogP contribution is -2.42. The number of carboxylic acids is 1. The summed E-state index contributed by atoms with van der Waals surface area (Å²) in [4.78, 5) is 29.6. The van der Waals surface area contributed by atoms with Crippen molar-refractivity contribution in [2.75, 3.05) is 0 Å². The summed E-state index contributed by atoms with van der Waals surface area (Å²) in [6, 6.07) is 14.4. The molecule has 2 N–H and O–H groups in total. The van der Waals surface area contributed by atoms with E-state index in [0.29, 0.717) is 5.65 Å². The second kappa shape index (κ2) is 10.3. The number of fused-ring (bicyclic) bond motifs is 1. The number of nitrogens with one attached hydrogen (secondary N) is 1. The van der Waals surface area contributed by atoms with Crippen LogP contribution in [0.5, 0.6) is 0 Å². The Kier molecular flexibility index (Phi) is 6.75. The number of nitrogens with zero attached hydrogens (tertiary/aromatic N) is 3. The van der Waals surface area contributed by atoms with Gasteiger partial charge in [-0.15, -0.1) is 0 Å². The van der Waals surface area contributed by atoms with Gasteiger partial charge in [-0.3, -0.25) is 4.79 Å². The summed E-state index contributed by atoms with van der Waals surface area (Å²) in [7, 11) is 0. The van der Waals surface area contributed by atoms with Crippen LogP contribution in [0.2, 0.25) is 0 Å². The maximum Gasteiger partial charge on any atom is 0.326 e. The van der Waals surface area contributed by atoms with Crippen LogP contribution in [-0.2, 0) is 11.2 Å². The molecule has 2 heterocycles. The summed E-state index contributed by atoms with van der Waals surface area (Å²) in [6.07, 6.45) is 8.69. The first kappa shape index (κ1) is 23.7. The van der Waals surface area contributed by atoms with Gasteiger partial charge < -0.3 is 10.4 Å². The molecule has 0 spiro atoms. The van der Waals surface area contributed by atoms with Crippen molar-refractivity contribution in [3.63, 3.8) is 0 Å². The zero-order valence-corrected chi connectivity index (χ0v) is 19.7. The molecule has 0 unspecified atom stereocenters. The lowest BCUT2D eigenvalue weighted by atomic mass is 9.84. The van der Waals surface area contributed by atoms with Gasteiger partial charge in [0.05, 0.1) is 11.9 Å². The highest BCUT2D eigenvalue weighted by Crippen LogP contribution is 2.38. The second-order valence-corrected chi connectivity index (χ2v) is 9.25. The maximum atomic E-state index is 13.6. The standard InChI is InChI=1S/C28H27FN4O3/c29-21-13-11-19(12-14-21)22-16-30-26-23(17-31-33(26)25(22)20-9-5-2-6-10-20)27(34)32-24(28(35)36)15-18-7-3-1-4-8-18/h1,3-4,7-8,11-14,16-17,20,24H,2,5-6,9-10,15H2,(H,32,34)(H,35,36)/t24-/m1/s1. The Morgan fingerprint density at radius 3 is 2.44 bits per heavy atom. The number of hydrogen-bond donors (Lipinski definition) is 2. The molecular weight excluding hydrogens is 459 g/mol. The van der Waals surface area contributed by atoms with Crippen molar-refractivity contribution in [3.05, 3.63) is 89.6 Å². The number of amides is 1. The van der Waals surface area contributed by atoms with Crippen LogP contribution in [0.1, 0.15) is 59.6 Å². The van der Waals surface area contributed by atoms with Crippen LogP contribution in [0.15, 0.2) is 67.0 Å². The molecule has 184 valence electrons. The Morgan fingerprint density at radius 1 is 1.03 bits per heavy atom. The van der Waals surface area contributed by atoms with Gasteiger partial charge in [0.15, 0.2) is 5.65 Å². The average molecular weight is 487 g/mol. The van der Waals surface area contributed by atoms with Crippen LogP contribution in [0, 0.1) is 5.82 Å². The van der Waals surface area contributed by atoms with E-state index in [2.05, 4.69) is 15.4 Å². The molecule has 5 rings (SSSR count). The van der Waals surface area contributed by atoms with Crippen LogP contribution in [-0.4, -0.2) is 37.6 Å². The van der Waals surface area contributed by atoms with E-state index in [0.717, 1.165) is 48.1 Å². The van der Waals surface area contributed by atoms with Crippen molar-refractivity contribution in [2.45, 2.75) is 50.5 Å². The molecule has 8 heteroatoms. The Bertz CT molecular complexity index is 1380. The van der Waals surface area contributed by atoms with Gasteiger partial charge in [-0.05, 0) is 36.1 Å².